The molecule has 0 aliphatic heterocycles. The summed E-state index contributed by atoms with van der Waals surface area (Å²) in [4.78, 5) is 0. The Labute approximate surface area is 57.6 Å². The Bertz CT molecular complexity index is 11.6. The van der Waals surface area contributed by atoms with Crippen LogP contribution in [0, 0.1) is 6.92 Å². The van der Waals surface area contributed by atoms with Crippen molar-refractivity contribution in [1.82, 2.24) is 0 Å². The molecule has 0 aliphatic carbocycles. The Morgan fingerprint density at radius 1 is 1.80 bits per heavy atom. The molecule has 2 heteroatoms. The molecule has 0 saturated heterocycles. The molecule has 1 nitrogen and oxygen atoms in total. The molecule has 0 saturated carbocycles. The van der Waals surface area contributed by atoms with Gasteiger partial charge in [-0.05, 0) is 0 Å². The van der Waals surface area contributed by atoms with Crippen molar-refractivity contribution in [3.8, 4) is 0 Å². The topological polar surface area (TPSA) is 20.2 Å². The van der Waals surface area contributed by atoms with Gasteiger partial charge in [-0.3, -0.25) is 0 Å². The Balaban J connectivity index is 0. The average Bonchev–Trinajstić information content (AvgIpc) is 0.811. The molecule has 0 spiro atoms. The van der Waals surface area contributed by atoms with E-state index in [9.17, 15) is 0 Å². The third-order valence-electron chi connectivity index (χ3n) is 0. The average molecular weight is 148 g/mol. The molecule has 0 fully saturated rings. The molecule has 1 N–H and O–H groups in total. The van der Waals surface area contributed by atoms with Crippen LogP contribution in [0.4, 0.5) is 0 Å². The van der Waals surface area contributed by atoms with Gasteiger partial charge in [-0.25, -0.2) is 0 Å². The van der Waals surface area contributed by atoms with Gasteiger partial charge in [0.25, 0.3) is 0 Å². The molecular formula is C3H7OY-. The predicted molar refractivity (Wildman–Crippen MR) is 17.0 cm³/mol. The summed E-state index contributed by atoms with van der Waals surface area (Å²) < 4.78 is 0. The summed E-state index contributed by atoms with van der Waals surface area (Å²) in [7, 11) is 0. The van der Waals surface area contributed by atoms with Gasteiger partial charge < -0.3 is 12.0 Å². The van der Waals surface area contributed by atoms with E-state index in [1.54, 1.807) is 6.92 Å². The minimum atomic E-state index is -0.417. The van der Waals surface area contributed by atoms with E-state index in [2.05, 4.69) is 6.92 Å². The molecule has 5 heavy (non-hydrogen) atoms. The number of aliphatic hydroxyl groups is 1. The van der Waals surface area contributed by atoms with Crippen LogP contribution in [0.15, 0.2) is 0 Å². The van der Waals surface area contributed by atoms with Crippen LogP contribution in [0.2, 0.25) is 0 Å². The molecule has 0 aromatic rings. The summed E-state index contributed by atoms with van der Waals surface area (Å²) in [6.45, 7) is 4.81. The van der Waals surface area contributed by atoms with Crippen LogP contribution in [0.3, 0.4) is 0 Å². The second-order valence-electron chi connectivity index (χ2n) is 0.849. The number of rotatable bonds is 0. The van der Waals surface area contributed by atoms with E-state index in [0.29, 0.717) is 0 Å². The molecule has 0 aromatic carbocycles. The molecule has 0 rings (SSSR count). The Kier molecular flexibility index (Phi) is 9.54. The first kappa shape index (κ1) is 9.42. The van der Waals surface area contributed by atoms with E-state index in [4.69, 9.17) is 5.11 Å². The van der Waals surface area contributed by atoms with E-state index in [-0.39, 0.29) is 32.7 Å². The van der Waals surface area contributed by atoms with Gasteiger partial charge in [0.1, 0.15) is 0 Å². The Morgan fingerprint density at radius 2 is 1.80 bits per heavy atom. The molecule has 0 aromatic heterocycles. The largest absolute Gasteiger partial charge is 0.426 e. The van der Waals surface area contributed by atoms with Crippen LogP contribution >= 0.6 is 0 Å². The van der Waals surface area contributed by atoms with Gasteiger partial charge in [-0.2, -0.15) is 0 Å². The fourth-order valence-corrected chi connectivity index (χ4v) is 0. The molecule has 0 aliphatic rings. The zero-order valence-corrected chi connectivity index (χ0v) is 6.15. The summed E-state index contributed by atoms with van der Waals surface area (Å²) in [5.41, 5.74) is 0. The summed E-state index contributed by atoms with van der Waals surface area (Å²) in [5.74, 6) is 0. The first-order valence-electron chi connectivity index (χ1n) is 1.24. The molecular weight excluding hydrogens is 141 g/mol. The molecule has 1 unspecified atom stereocenters. The van der Waals surface area contributed by atoms with Crippen molar-refractivity contribution in [1.29, 1.82) is 0 Å². The van der Waals surface area contributed by atoms with Crippen molar-refractivity contribution in [2.45, 2.75) is 13.0 Å². The van der Waals surface area contributed by atoms with Crippen molar-refractivity contribution in [2.24, 2.45) is 0 Å². The Morgan fingerprint density at radius 3 is 1.80 bits per heavy atom. The maximum atomic E-state index is 7.94. The molecule has 0 heterocycles. The molecule has 0 amide bonds. The normalized spacial score (nSPS) is 12.6. The van der Waals surface area contributed by atoms with Crippen LogP contribution in [0.25, 0.3) is 0 Å². The SMILES string of the molecule is [CH2-]C(C)O.[Y]. The third-order valence-corrected chi connectivity index (χ3v) is 0. The van der Waals surface area contributed by atoms with Gasteiger partial charge in [0, 0.05) is 32.7 Å². The van der Waals surface area contributed by atoms with Gasteiger partial charge in [0.15, 0.2) is 0 Å². The molecule has 1 radical (unpaired) electrons. The number of hydrogen-bond acceptors (Lipinski definition) is 1. The second kappa shape index (κ2) is 5.06. The van der Waals surface area contributed by atoms with Crippen molar-refractivity contribution in [2.75, 3.05) is 0 Å². The van der Waals surface area contributed by atoms with Crippen LogP contribution in [-0.4, -0.2) is 11.2 Å². The zero-order valence-electron chi connectivity index (χ0n) is 3.31. The van der Waals surface area contributed by atoms with E-state index < -0.39 is 6.10 Å². The van der Waals surface area contributed by atoms with Gasteiger partial charge >= 0.3 is 0 Å². The monoisotopic (exact) mass is 148 g/mol. The van der Waals surface area contributed by atoms with Gasteiger partial charge in [-0.1, -0.05) is 13.0 Å². The van der Waals surface area contributed by atoms with Crippen molar-refractivity contribution >= 4 is 0 Å². The van der Waals surface area contributed by atoms with E-state index in [1.807, 2.05) is 0 Å². The van der Waals surface area contributed by atoms with Gasteiger partial charge in [-0.15, -0.1) is 0 Å². The first-order chi connectivity index (χ1) is 1.73. The van der Waals surface area contributed by atoms with Crippen molar-refractivity contribution in [3.05, 3.63) is 6.92 Å². The summed E-state index contributed by atoms with van der Waals surface area (Å²) in [5, 5.41) is 7.94. The van der Waals surface area contributed by atoms with Gasteiger partial charge in [0.2, 0.25) is 0 Å². The zero-order chi connectivity index (χ0) is 3.58. The van der Waals surface area contributed by atoms with Crippen molar-refractivity contribution in [3.63, 3.8) is 0 Å². The standard InChI is InChI=1S/C3H7O.Y/c1-3(2)4;/h3-4H,1H2,2H3;/q-1;. The van der Waals surface area contributed by atoms with E-state index >= 15 is 0 Å². The van der Waals surface area contributed by atoms with Crippen LogP contribution in [-0.2, 0) is 32.7 Å². The maximum absolute atomic E-state index is 7.94. The minimum absolute atomic E-state index is 0. The summed E-state index contributed by atoms with van der Waals surface area (Å²) in [6, 6.07) is 0. The van der Waals surface area contributed by atoms with Crippen LogP contribution < -0.4 is 0 Å². The van der Waals surface area contributed by atoms with E-state index in [1.165, 1.54) is 0 Å². The quantitative estimate of drug-likeness (QED) is 0.486. The minimum Gasteiger partial charge on any atom is -0.426 e. The fraction of sp³-hybridized carbons (Fsp3) is 0.667. The number of aliphatic hydroxyl groups excluding tert-OH is 1. The second-order valence-corrected chi connectivity index (χ2v) is 0.849. The smallest absolute Gasteiger partial charge is 0 e. The summed E-state index contributed by atoms with van der Waals surface area (Å²) in [6.07, 6.45) is -0.417. The molecule has 1 atom stereocenters. The third kappa shape index (κ3) is 42.0. The predicted octanol–water partition coefficient (Wildman–Crippen LogP) is 0.199. The number of hydrogen-bond donors (Lipinski definition) is 1. The maximum Gasteiger partial charge on any atom is 0 e. The summed E-state index contributed by atoms with van der Waals surface area (Å²) >= 11 is 0. The van der Waals surface area contributed by atoms with Crippen LogP contribution in [0.1, 0.15) is 6.92 Å². The van der Waals surface area contributed by atoms with E-state index in [0.717, 1.165) is 0 Å². The molecule has 0 bridgehead atoms. The first-order valence-corrected chi connectivity index (χ1v) is 1.24. The van der Waals surface area contributed by atoms with Crippen molar-refractivity contribution < 1.29 is 37.8 Å². The van der Waals surface area contributed by atoms with Gasteiger partial charge in [0.05, 0.1) is 0 Å². The van der Waals surface area contributed by atoms with Crippen LogP contribution in [0.5, 0.6) is 0 Å². The molecule has 29 valence electrons. The fourth-order valence-electron chi connectivity index (χ4n) is 0. The Hall–Kier alpha value is 1.06.